The molecule has 1 amide bonds. The quantitative estimate of drug-likeness (QED) is 0.889. The molecule has 1 fully saturated rings. The van der Waals surface area contributed by atoms with Gasteiger partial charge in [0.1, 0.15) is 11.4 Å². The van der Waals surface area contributed by atoms with Gasteiger partial charge in [0.05, 0.1) is 0 Å². The smallest absolute Gasteiger partial charge is 0.339 e. The molecule has 1 heterocycles. The molecule has 0 aliphatic heterocycles. The van der Waals surface area contributed by atoms with Crippen molar-refractivity contribution >= 4 is 17.7 Å². The summed E-state index contributed by atoms with van der Waals surface area (Å²) in [5, 5.41) is 11.8. The van der Waals surface area contributed by atoms with Gasteiger partial charge in [-0.2, -0.15) is 0 Å². The Morgan fingerprint density at radius 2 is 1.80 bits per heavy atom. The second-order valence-corrected chi connectivity index (χ2v) is 5.24. The monoisotopic (exact) mass is 276 g/mol. The van der Waals surface area contributed by atoms with Crippen LogP contribution in [0.1, 0.15) is 55.3 Å². The Bertz CT molecular complexity index is 480. The second kappa shape index (κ2) is 7.03. The number of hydrogen-bond donors (Lipinski definition) is 2. The molecule has 0 unspecified atom stereocenters. The Labute approximate surface area is 118 Å². The molecule has 0 saturated heterocycles. The predicted molar refractivity (Wildman–Crippen MR) is 75.6 cm³/mol. The zero-order chi connectivity index (χ0) is 14.4. The van der Waals surface area contributed by atoms with Gasteiger partial charge in [-0.15, -0.1) is 0 Å². The number of carboxylic acids is 1. The number of nitrogens with one attached hydrogen (secondary N) is 1. The van der Waals surface area contributed by atoms with E-state index in [0.29, 0.717) is 0 Å². The van der Waals surface area contributed by atoms with Gasteiger partial charge in [0.25, 0.3) is 0 Å². The van der Waals surface area contributed by atoms with Crippen LogP contribution in [0.2, 0.25) is 0 Å². The number of pyridine rings is 1. The lowest BCUT2D eigenvalue weighted by Crippen LogP contribution is -2.25. The number of carbonyl (C=O) groups excluding carboxylic acids is 1. The third kappa shape index (κ3) is 3.79. The van der Waals surface area contributed by atoms with E-state index in [1.165, 1.54) is 31.5 Å². The van der Waals surface area contributed by atoms with Crippen molar-refractivity contribution in [2.24, 2.45) is 5.92 Å². The summed E-state index contributed by atoms with van der Waals surface area (Å²) < 4.78 is 0. The van der Waals surface area contributed by atoms with E-state index in [-0.39, 0.29) is 23.2 Å². The van der Waals surface area contributed by atoms with E-state index in [2.05, 4.69) is 10.3 Å². The molecule has 1 aliphatic carbocycles. The van der Waals surface area contributed by atoms with Crippen molar-refractivity contribution in [2.75, 3.05) is 5.32 Å². The SMILES string of the molecule is O=C(O)c1cccnc1NC(=O)C1CCCCCCC1. The Morgan fingerprint density at radius 3 is 2.45 bits per heavy atom. The van der Waals surface area contributed by atoms with Crippen LogP contribution in [0.5, 0.6) is 0 Å². The van der Waals surface area contributed by atoms with Crippen molar-refractivity contribution in [3.8, 4) is 0 Å². The number of anilines is 1. The molecular weight excluding hydrogens is 256 g/mol. The van der Waals surface area contributed by atoms with Crippen LogP contribution in [-0.4, -0.2) is 22.0 Å². The number of amides is 1. The average molecular weight is 276 g/mol. The molecule has 1 aromatic rings. The van der Waals surface area contributed by atoms with E-state index in [1.54, 1.807) is 6.07 Å². The van der Waals surface area contributed by atoms with E-state index in [0.717, 1.165) is 25.7 Å². The number of rotatable bonds is 3. The largest absolute Gasteiger partial charge is 0.478 e. The Balaban J connectivity index is 2.05. The standard InChI is InChI=1S/C15H20N2O3/c18-14(11-7-4-2-1-3-5-8-11)17-13-12(15(19)20)9-6-10-16-13/h6,9-11H,1-5,7-8H2,(H,19,20)(H,16,17,18). The van der Waals surface area contributed by atoms with Crippen LogP contribution < -0.4 is 5.32 Å². The van der Waals surface area contributed by atoms with Crippen LogP contribution in [0.25, 0.3) is 0 Å². The van der Waals surface area contributed by atoms with Crippen molar-refractivity contribution in [1.82, 2.24) is 4.98 Å². The summed E-state index contributed by atoms with van der Waals surface area (Å²) in [5.41, 5.74) is 0.0340. The fourth-order valence-corrected chi connectivity index (χ4v) is 2.61. The van der Waals surface area contributed by atoms with Gasteiger partial charge >= 0.3 is 5.97 Å². The second-order valence-electron chi connectivity index (χ2n) is 5.24. The van der Waals surface area contributed by atoms with Crippen LogP contribution in [0.4, 0.5) is 5.82 Å². The van der Waals surface area contributed by atoms with Crippen LogP contribution in [0.15, 0.2) is 18.3 Å². The minimum absolute atomic E-state index is 0.0287. The zero-order valence-corrected chi connectivity index (χ0v) is 11.5. The molecule has 0 radical (unpaired) electrons. The van der Waals surface area contributed by atoms with E-state index in [4.69, 9.17) is 5.11 Å². The summed E-state index contributed by atoms with van der Waals surface area (Å²) in [5.74, 6) is -1.06. The number of carbonyl (C=O) groups is 2. The van der Waals surface area contributed by atoms with Crippen LogP contribution in [-0.2, 0) is 4.79 Å². The maximum atomic E-state index is 12.3. The molecule has 5 heteroatoms. The van der Waals surface area contributed by atoms with Gasteiger partial charge in [-0.3, -0.25) is 4.79 Å². The highest BCUT2D eigenvalue weighted by Crippen LogP contribution is 2.24. The van der Waals surface area contributed by atoms with Crippen molar-refractivity contribution in [3.63, 3.8) is 0 Å². The highest BCUT2D eigenvalue weighted by Gasteiger charge is 2.21. The first-order valence-electron chi connectivity index (χ1n) is 7.17. The highest BCUT2D eigenvalue weighted by molar-refractivity contribution is 5.99. The molecule has 0 bridgehead atoms. The summed E-state index contributed by atoms with van der Waals surface area (Å²) in [6.07, 6.45) is 8.96. The van der Waals surface area contributed by atoms with E-state index in [9.17, 15) is 9.59 Å². The fourth-order valence-electron chi connectivity index (χ4n) is 2.61. The first-order valence-corrected chi connectivity index (χ1v) is 7.17. The summed E-state index contributed by atoms with van der Waals surface area (Å²) in [4.78, 5) is 27.3. The van der Waals surface area contributed by atoms with Crippen molar-refractivity contribution in [1.29, 1.82) is 0 Å². The van der Waals surface area contributed by atoms with E-state index in [1.807, 2.05) is 0 Å². The van der Waals surface area contributed by atoms with Gasteiger partial charge in [0, 0.05) is 12.1 Å². The summed E-state index contributed by atoms with van der Waals surface area (Å²) >= 11 is 0. The van der Waals surface area contributed by atoms with Gasteiger partial charge < -0.3 is 10.4 Å². The summed E-state index contributed by atoms with van der Waals surface area (Å²) in [6, 6.07) is 3.00. The average Bonchev–Trinajstić information content (AvgIpc) is 2.38. The number of nitrogens with zero attached hydrogens (tertiary/aromatic N) is 1. The lowest BCUT2D eigenvalue weighted by molar-refractivity contribution is -0.120. The zero-order valence-electron chi connectivity index (χ0n) is 11.5. The Hall–Kier alpha value is -1.91. The van der Waals surface area contributed by atoms with Gasteiger partial charge in [0.2, 0.25) is 5.91 Å². The number of aromatic nitrogens is 1. The van der Waals surface area contributed by atoms with E-state index >= 15 is 0 Å². The topological polar surface area (TPSA) is 79.3 Å². The molecular formula is C15H20N2O3. The lowest BCUT2D eigenvalue weighted by Gasteiger charge is -2.19. The molecule has 1 aliphatic rings. The molecule has 2 rings (SSSR count). The molecule has 108 valence electrons. The molecule has 0 spiro atoms. The fraction of sp³-hybridized carbons (Fsp3) is 0.533. The van der Waals surface area contributed by atoms with E-state index < -0.39 is 5.97 Å². The minimum atomic E-state index is -1.08. The Kier molecular flexibility index (Phi) is 5.09. The normalized spacial score (nSPS) is 17.0. The number of hydrogen-bond acceptors (Lipinski definition) is 3. The first-order chi connectivity index (χ1) is 9.68. The molecule has 0 aromatic carbocycles. The summed E-state index contributed by atoms with van der Waals surface area (Å²) in [7, 11) is 0. The van der Waals surface area contributed by atoms with Crippen LogP contribution in [0, 0.1) is 5.92 Å². The highest BCUT2D eigenvalue weighted by atomic mass is 16.4. The van der Waals surface area contributed by atoms with Gasteiger partial charge in [-0.25, -0.2) is 9.78 Å². The molecule has 5 nitrogen and oxygen atoms in total. The number of carboxylic acid groups (broad SMARTS) is 1. The van der Waals surface area contributed by atoms with Crippen molar-refractivity contribution < 1.29 is 14.7 Å². The van der Waals surface area contributed by atoms with Crippen molar-refractivity contribution in [3.05, 3.63) is 23.9 Å². The maximum Gasteiger partial charge on any atom is 0.339 e. The molecule has 1 saturated carbocycles. The van der Waals surface area contributed by atoms with Gasteiger partial charge in [-0.1, -0.05) is 32.1 Å². The Morgan fingerprint density at radius 1 is 1.15 bits per heavy atom. The third-order valence-corrected chi connectivity index (χ3v) is 3.76. The lowest BCUT2D eigenvalue weighted by atomic mass is 9.90. The molecule has 2 N–H and O–H groups in total. The molecule has 20 heavy (non-hydrogen) atoms. The van der Waals surface area contributed by atoms with Crippen LogP contribution in [0.3, 0.4) is 0 Å². The molecule has 0 atom stereocenters. The predicted octanol–water partition coefficient (Wildman–Crippen LogP) is 3.08. The summed E-state index contributed by atoms with van der Waals surface area (Å²) in [6.45, 7) is 0. The molecule has 1 aromatic heterocycles. The number of aromatic carboxylic acids is 1. The van der Waals surface area contributed by atoms with Gasteiger partial charge in [-0.05, 0) is 25.0 Å². The van der Waals surface area contributed by atoms with Crippen LogP contribution >= 0.6 is 0 Å². The first kappa shape index (κ1) is 14.5. The third-order valence-electron chi connectivity index (χ3n) is 3.76. The maximum absolute atomic E-state index is 12.3. The minimum Gasteiger partial charge on any atom is -0.478 e. The van der Waals surface area contributed by atoms with Crippen molar-refractivity contribution in [2.45, 2.75) is 44.9 Å². The van der Waals surface area contributed by atoms with Gasteiger partial charge in [0.15, 0.2) is 0 Å².